The second-order valence-corrected chi connectivity index (χ2v) is 5.80. The van der Waals surface area contributed by atoms with Crippen LogP contribution in [0.3, 0.4) is 0 Å². The topological polar surface area (TPSA) is 61.6 Å². The molecule has 0 saturated carbocycles. The van der Waals surface area contributed by atoms with Crippen molar-refractivity contribution in [1.82, 2.24) is 9.80 Å². The van der Waals surface area contributed by atoms with E-state index >= 15 is 0 Å². The Morgan fingerprint density at radius 1 is 1.38 bits per heavy atom. The van der Waals surface area contributed by atoms with Gasteiger partial charge in [0.2, 0.25) is 5.91 Å². The first-order valence-electron chi connectivity index (χ1n) is 7.38. The molecule has 1 amide bonds. The van der Waals surface area contributed by atoms with Crippen LogP contribution in [0.25, 0.3) is 0 Å². The van der Waals surface area contributed by atoms with Gasteiger partial charge in [0, 0.05) is 24.0 Å². The third-order valence-electron chi connectivity index (χ3n) is 3.54. The number of hydrogen-bond donors (Lipinski definition) is 2. The van der Waals surface area contributed by atoms with Gasteiger partial charge in [0.25, 0.3) is 0 Å². The molecule has 0 saturated heterocycles. The predicted molar refractivity (Wildman–Crippen MR) is 89.5 cm³/mol. The number of carbonyl (C=O) groups is 1. The van der Waals surface area contributed by atoms with Gasteiger partial charge in [0.05, 0.1) is 6.54 Å². The van der Waals surface area contributed by atoms with Gasteiger partial charge in [-0.05, 0) is 52.2 Å². The molecule has 5 heteroatoms. The number of hydrogen-bond acceptors (Lipinski definition) is 4. The van der Waals surface area contributed by atoms with Gasteiger partial charge in [0.15, 0.2) is 0 Å². The van der Waals surface area contributed by atoms with Crippen LogP contribution < -0.4 is 11.1 Å². The number of rotatable bonds is 7. The minimum Gasteiger partial charge on any atom is -0.399 e. The van der Waals surface area contributed by atoms with Gasteiger partial charge in [0.1, 0.15) is 0 Å². The number of nitrogens with one attached hydrogen (secondary N) is 1. The molecule has 0 aliphatic heterocycles. The summed E-state index contributed by atoms with van der Waals surface area (Å²) in [6.45, 7) is 8.34. The maximum atomic E-state index is 12.2. The molecule has 1 unspecified atom stereocenters. The fraction of sp³-hybridized carbons (Fsp3) is 0.562. The van der Waals surface area contributed by atoms with Crippen molar-refractivity contribution in [3.8, 4) is 0 Å². The van der Waals surface area contributed by atoms with Crippen molar-refractivity contribution < 1.29 is 4.79 Å². The van der Waals surface area contributed by atoms with Crippen LogP contribution in [0.2, 0.25) is 0 Å². The Kier molecular flexibility index (Phi) is 6.65. The van der Waals surface area contributed by atoms with E-state index in [0.717, 1.165) is 24.3 Å². The van der Waals surface area contributed by atoms with Gasteiger partial charge in [-0.15, -0.1) is 0 Å². The normalized spacial score (nSPS) is 12.7. The number of nitrogen functional groups attached to an aromatic ring is 1. The van der Waals surface area contributed by atoms with Crippen LogP contribution in [-0.2, 0) is 4.79 Å². The molecule has 0 spiro atoms. The first-order chi connectivity index (χ1) is 9.83. The van der Waals surface area contributed by atoms with Crippen molar-refractivity contribution in [2.24, 2.45) is 0 Å². The zero-order chi connectivity index (χ0) is 16.0. The van der Waals surface area contributed by atoms with Gasteiger partial charge in [-0.1, -0.05) is 13.0 Å². The van der Waals surface area contributed by atoms with Gasteiger partial charge in [-0.25, -0.2) is 0 Å². The molecule has 0 fully saturated rings. The van der Waals surface area contributed by atoms with Crippen molar-refractivity contribution in [1.29, 1.82) is 0 Å². The van der Waals surface area contributed by atoms with Crippen molar-refractivity contribution in [2.45, 2.75) is 26.8 Å². The summed E-state index contributed by atoms with van der Waals surface area (Å²) in [5.41, 5.74) is 8.23. The van der Waals surface area contributed by atoms with E-state index in [9.17, 15) is 4.79 Å². The second kappa shape index (κ2) is 8.00. The number of amides is 1. The van der Waals surface area contributed by atoms with Gasteiger partial charge in [-0.3, -0.25) is 9.69 Å². The number of likely N-dealkylation sites (N-methyl/N-ethyl adjacent to an activating group) is 2. The molecule has 1 aromatic rings. The molecular formula is C16H28N4O. The highest BCUT2D eigenvalue weighted by Gasteiger charge is 2.16. The molecule has 5 nitrogen and oxygen atoms in total. The number of carbonyl (C=O) groups excluding carboxylic acids is 1. The standard InChI is InChI=1S/C16H28N4O/c1-6-20(13(3)10-19(4)5)11-16(21)18-15-9-14(17)8-7-12(15)2/h7-9,13H,6,10-11,17H2,1-5H3,(H,18,21). The Morgan fingerprint density at radius 2 is 2.05 bits per heavy atom. The Bertz CT molecular complexity index is 473. The molecule has 0 heterocycles. The van der Waals surface area contributed by atoms with Crippen LogP contribution in [0.4, 0.5) is 11.4 Å². The highest BCUT2D eigenvalue weighted by molar-refractivity contribution is 5.93. The van der Waals surface area contributed by atoms with Crippen molar-refractivity contribution in [3.63, 3.8) is 0 Å². The SMILES string of the molecule is CCN(CC(=O)Nc1cc(N)ccc1C)C(C)CN(C)C. The first kappa shape index (κ1) is 17.5. The van der Waals surface area contributed by atoms with Crippen molar-refractivity contribution in [2.75, 3.05) is 44.8 Å². The molecule has 0 radical (unpaired) electrons. The van der Waals surface area contributed by atoms with E-state index in [-0.39, 0.29) is 5.91 Å². The maximum Gasteiger partial charge on any atom is 0.238 e. The summed E-state index contributed by atoms with van der Waals surface area (Å²) in [4.78, 5) is 16.5. The lowest BCUT2D eigenvalue weighted by Crippen LogP contribution is -2.43. The molecule has 1 rings (SSSR count). The smallest absolute Gasteiger partial charge is 0.238 e. The summed E-state index contributed by atoms with van der Waals surface area (Å²) in [6, 6.07) is 5.88. The number of benzene rings is 1. The van der Waals surface area contributed by atoms with E-state index in [1.54, 1.807) is 6.07 Å². The zero-order valence-electron chi connectivity index (χ0n) is 13.8. The summed E-state index contributed by atoms with van der Waals surface area (Å²) >= 11 is 0. The molecule has 118 valence electrons. The van der Waals surface area contributed by atoms with E-state index in [2.05, 4.69) is 29.0 Å². The predicted octanol–water partition coefficient (Wildman–Crippen LogP) is 1.79. The second-order valence-electron chi connectivity index (χ2n) is 5.80. The molecular weight excluding hydrogens is 264 g/mol. The molecule has 1 atom stereocenters. The van der Waals surface area contributed by atoms with Gasteiger partial charge < -0.3 is 16.0 Å². The van der Waals surface area contributed by atoms with Crippen LogP contribution in [0.15, 0.2) is 18.2 Å². The fourth-order valence-corrected chi connectivity index (χ4v) is 2.37. The Balaban J connectivity index is 2.64. The zero-order valence-corrected chi connectivity index (χ0v) is 13.8. The van der Waals surface area contributed by atoms with Crippen LogP contribution in [0.5, 0.6) is 0 Å². The lowest BCUT2D eigenvalue weighted by Gasteiger charge is -2.29. The van der Waals surface area contributed by atoms with Crippen LogP contribution in [0, 0.1) is 6.92 Å². The summed E-state index contributed by atoms with van der Waals surface area (Å²) in [5, 5.41) is 2.95. The Hall–Kier alpha value is -1.59. The average molecular weight is 292 g/mol. The van der Waals surface area contributed by atoms with Crippen LogP contribution >= 0.6 is 0 Å². The maximum absolute atomic E-state index is 12.2. The third kappa shape index (κ3) is 5.73. The lowest BCUT2D eigenvalue weighted by molar-refractivity contribution is -0.117. The summed E-state index contributed by atoms with van der Waals surface area (Å²) in [6.07, 6.45) is 0. The Labute approximate surface area is 128 Å². The van der Waals surface area contributed by atoms with Gasteiger partial charge in [-0.2, -0.15) is 0 Å². The summed E-state index contributed by atoms with van der Waals surface area (Å²) in [7, 11) is 4.08. The highest BCUT2D eigenvalue weighted by Crippen LogP contribution is 2.18. The van der Waals surface area contributed by atoms with E-state index in [4.69, 9.17) is 5.73 Å². The number of nitrogens with zero attached hydrogens (tertiary/aromatic N) is 2. The lowest BCUT2D eigenvalue weighted by atomic mass is 10.2. The highest BCUT2D eigenvalue weighted by atomic mass is 16.2. The number of anilines is 2. The minimum atomic E-state index is -0.00356. The molecule has 0 bridgehead atoms. The van der Waals surface area contributed by atoms with Crippen LogP contribution in [0.1, 0.15) is 19.4 Å². The van der Waals surface area contributed by atoms with Crippen molar-refractivity contribution in [3.05, 3.63) is 23.8 Å². The van der Waals surface area contributed by atoms with Crippen molar-refractivity contribution >= 4 is 17.3 Å². The fourth-order valence-electron chi connectivity index (χ4n) is 2.37. The molecule has 0 aliphatic rings. The number of nitrogens with two attached hydrogens (primary N) is 1. The number of aryl methyl sites for hydroxylation is 1. The largest absolute Gasteiger partial charge is 0.399 e. The molecule has 1 aromatic carbocycles. The van der Waals surface area contributed by atoms with E-state index in [1.807, 2.05) is 33.2 Å². The molecule has 0 aliphatic carbocycles. The summed E-state index contributed by atoms with van der Waals surface area (Å²) in [5.74, 6) is -0.00356. The Morgan fingerprint density at radius 3 is 2.62 bits per heavy atom. The minimum absolute atomic E-state index is 0.00356. The third-order valence-corrected chi connectivity index (χ3v) is 3.54. The molecule has 21 heavy (non-hydrogen) atoms. The van der Waals surface area contributed by atoms with Gasteiger partial charge >= 0.3 is 0 Å². The average Bonchev–Trinajstić information content (AvgIpc) is 2.39. The first-order valence-corrected chi connectivity index (χ1v) is 7.38. The van der Waals surface area contributed by atoms with E-state index in [0.29, 0.717) is 18.3 Å². The van der Waals surface area contributed by atoms with E-state index in [1.165, 1.54) is 0 Å². The quantitative estimate of drug-likeness (QED) is 0.752. The monoisotopic (exact) mass is 292 g/mol. The summed E-state index contributed by atoms with van der Waals surface area (Å²) < 4.78 is 0. The van der Waals surface area contributed by atoms with Crippen LogP contribution in [-0.4, -0.2) is 55.5 Å². The molecule has 0 aromatic heterocycles. The molecule has 3 N–H and O–H groups in total. The van der Waals surface area contributed by atoms with E-state index < -0.39 is 0 Å².